The molecule has 2 fully saturated rings. The minimum atomic E-state index is 0.0984. The van der Waals surface area contributed by atoms with E-state index in [4.69, 9.17) is 4.74 Å². The molecule has 7 heteroatoms. The second-order valence-corrected chi connectivity index (χ2v) is 7.51. The van der Waals surface area contributed by atoms with Gasteiger partial charge in [0.15, 0.2) is 0 Å². The molecule has 2 aromatic rings. The quantitative estimate of drug-likeness (QED) is 0.905. The largest absolute Gasteiger partial charge is 0.381 e. The number of carbonyl (C=O) groups excluding carboxylic acids is 1. The molecule has 25 heavy (non-hydrogen) atoms. The van der Waals surface area contributed by atoms with E-state index in [1.807, 2.05) is 18.2 Å². The molecule has 1 aromatic carbocycles. The maximum absolute atomic E-state index is 12.6. The van der Waals surface area contributed by atoms with E-state index in [2.05, 4.69) is 19.0 Å². The Morgan fingerprint density at radius 1 is 1.24 bits per heavy atom. The number of likely N-dealkylation sites (tertiary alicyclic amines) is 1. The van der Waals surface area contributed by atoms with Crippen LogP contribution in [0.4, 0.5) is 0 Å². The summed E-state index contributed by atoms with van der Waals surface area (Å²) < 4.78 is 13.9. The lowest BCUT2D eigenvalue weighted by atomic mass is 9.94. The van der Waals surface area contributed by atoms with Crippen LogP contribution < -0.4 is 5.32 Å². The van der Waals surface area contributed by atoms with Crippen molar-refractivity contribution in [1.82, 2.24) is 19.0 Å². The van der Waals surface area contributed by atoms with Gasteiger partial charge in [0.25, 0.3) is 0 Å². The highest BCUT2D eigenvalue weighted by Gasteiger charge is 2.30. The van der Waals surface area contributed by atoms with E-state index >= 15 is 0 Å². The smallest absolute Gasteiger partial charge is 0.224 e. The lowest BCUT2D eigenvalue weighted by molar-refractivity contribution is -0.127. The van der Waals surface area contributed by atoms with Gasteiger partial charge in [0.05, 0.1) is 17.6 Å². The van der Waals surface area contributed by atoms with Gasteiger partial charge in [0.1, 0.15) is 11.0 Å². The van der Waals surface area contributed by atoms with Gasteiger partial charge >= 0.3 is 0 Å². The van der Waals surface area contributed by atoms with Crippen LogP contribution in [0, 0.1) is 5.92 Å². The van der Waals surface area contributed by atoms with Crippen LogP contribution in [-0.4, -0.2) is 51.9 Å². The zero-order valence-electron chi connectivity index (χ0n) is 14.3. The van der Waals surface area contributed by atoms with Crippen molar-refractivity contribution in [2.45, 2.75) is 38.3 Å². The van der Waals surface area contributed by atoms with Gasteiger partial charge in [0.2, 0.25) is 5.91 Å². The normalized spacial score (nSPS) is 23.0. The van der Waals surface area contributed by atoms with Crippen molar-refractivity contribution in [3.05, 3.63) is 23.8 Å². The van der Waals surface area contributed by atoms with Crippen LogP contribution in [0.3, 0.4) is 0 Å². The topological polar surface area (TPSA) is 67.4 Å². The number of nitrogens with one attached hydrogen (secondary N) is 1. The molecule has 0 spiro atoms. The summed E-state index contributed by atoms with van der Waals surface area (Å²) in [6.07, 6.45) is 4.28. The fourth-order valence-corrected chi connectivity index (χ4v) is 4.39. The number of rotatable bonds is 4. The van der Waals surface area contributed by atoms with Crippen LogP contribution in [0.25, 0.3) is 11.0 Å². The van der Waals surface area contributed by atoms with E-state index in [1.54, 1.807) is 0 Å². The number of piperidine rings is 1. The minimum absolute atomic E-state index is 0.0984. The van der Waals surface area contributed by atoms with E-state index in [0.717, 1.165) is 68.6 Å². The lowest BCUT2D eigenvalue weighted by Gasteiger charge is -2.39. The summed E-state index contributed by atoms with van der Waals surface area (Å²) in [6, 6.07) is 6.57. The predicted octanol–water partition coefficient (Wildman–Crippen LogP) is 2.20. The van der Waals surface area contributed by atoms with E-state index in [0.29, 0.717) is 12.6 Å². The summed E-state index contributed by atoms with van der Waals surface area (Å²) in [4.78, 5) is 15.1. The average molecular weight is 360 g/mol. The van der Waals surface area contributed by atoms with Crippen molar-refractivity contribution in [2.24, 2.45) is 5.92 Å². The molecule has 1 N–H and O–H groups in total. The Morgan fingerprint density at radius 2 is 2.08 bits per heavy atom. The third kappa shape index (κ3) is 3.99. The molecule has 1 aromatic heterocycles. The molecule has 0 radical (unpaired) electrons. The monoisotopic (exact) mass is 360 g/mol. The molecule has 0 aliphatic carbocycles. The Hall–Kier alpha value is -1.57. The van der Waals surface area contributed by atoms with Crippen LogP contribution in [0.5, 0.6) is 0 Å². The van der Waals surface area contributed by atoms with Crippen LogP contribution in [0.15, 0.2) is 18.2 Å². The van der Waals surface area contributed by atoms with Crippen molar-refractivity contribution in [2.75, 3.05) is 26.3 Å². The first-order valence-electron chi connectivity index (χ1n) is 9.10. The first kappa shape index (κ1) is 16.9. The SMILES string of the molecule is O=C(NCc1ccc2nsnc2c1)[C@H]1CCCN(C2CCOCC2)C1. The van der Waals surface area contributed by atoms with Gasteiger partial charge in [-0.15, -0.1) is 0 Å². The number of aromatic nitrogens is 2. The highest BCUT2D eigenvalue weighted by molar-refractivity contribution is 7.00. The van der Waals surface area contributed by atoms with Crippen molar-refractivity contribution in [3.8, 4) is 0 Å². The first-order valence-corrected chi connectivity index (χ1v) is 9.83. The zero-order chi connectivity index (χ0) is 17.1. The van der Waals surface area contributed by atoms with E-state index in [9.17, 15) is 4.79 Å². The Kier molecular flexibility index (Phi) is 5.24. The first-order chi connectivity index (χ1) is 12.3. The van der Waals surface area contributed by atoms with Gasteiger partial charge in [-0.05, 0) is 49.9 Å². The van der Waals surface area contributed by atoms with Gasteiger partial charge in [-0.1, -0.05) is 6.07 Å². The van der Waals surface area contributed by atoms with Crippen LogP contribution in [0.2, 0.25) is 0 Å². The Labute approximate surface area is 151 Å². The van der Waals surface area contributed by atoms with Crippen LogP contribution in [0.1, 0.15) is 31.2 Å². The molecule has 6 nitrogen and oxygen atoms in total. The number of carbonyl (C=O) groups is 1. The second kappa shape index (κ2) is 7.76. The van der Waals surface area contributed by atoms with E-state index < -0.39 is 0 Å². The molecule has 1 amide bonds. The van der Waals surface area contributed by atoms with Crippen molar-refractivity contribution >= 4 is 28.7 Å². The number of hydrogen-bond donors (Lipinski definition) is 1. The molecule has 0 unspecified atom stereocenters. The molecule has 134 valence electrons. The molecule has 2 saturated heterocycles. The Balaban J connectivity index is 1.32. The molecular formula is C18H24N4O2S. The molecule has 2 aliphatic heterocycles. The van der Waals surface area contributed by atoms with Gasteiger partial charge in [-0.3, -0.25) is 9.69 Å². The third-order valence-corrected chi connectivity index (χ3v) is 5.87. The summed E-state index contributed by atoms with van der Waals surface area (Å²) in [6.45, 7) is 4.26. The van der Waals surface area contributed by atoms with Crippen LogP contribution >= 0.6 is 11.7 Å². The highest BCUT2D eigenvalue weighted by Crippen LogP contribution is 2.23. The summed E-state index contributed by atoms with van der Waals surface area (Å²) >= 11 is 1.22. The average Bonchev–Trinajstić information content (AvgIpc) is 3.15. The minimum Gasteiger partial charge on any atom is -0.381 e. The lowest BCUT2D eigenvalue weighted by Crippen LogP contribution is -2.48. The molecule has 0 bridgehead atoms. The van der Waals surface area contributed by atoms with Crippen LogP contribution in [-0.2, 0) is 16.1 Å². The summed E-state index contributed by atoms with van der Waals surface area (Å²) in [7, 11) is 0. The summed E-state index contributed by atoms with van der Waals surface area (Å²) in [5, 5.41) is 3.11. The fourth-order valence-electron chi connectivity index (χ4n) is 3.87. The maximum Gasteiger partial charge on any atom is 0.224 e. The molecular weight excluding hydrogens is 336 g/mol. The maximum atomic E-state index is 12.6. The Bertz CT molecular complexity index is 729. The number of fused-ring (bicyclic) bond motifs is 1. The standard InChI is InChI=1S/C18H24N4O2S/c23-18(19-11-13-3-4-16-17(10-13)21-25-20-16)14-2-1-7-22(12-14)15-5-8-24-9-6-15/h3-4,10,14-15H,1-2,5-9,11-12H2,(H,19,23)/t14-/m0/s1. The van der Waals surface area contributed by atoms with Gasteiger partial charge in [-0.2, -0.15) is 8.75 Å². The fraction of sp³-hybridized carbons (Fsp3) is 0.611. The second-order valence-electron chi connectivity index (χ2n) is 6.98. The molecule has 2 aliphatic rings. The van der Waals surface area contributed by atoms with E-state index in [-0.39, 0.29) is 11.8 Å². The number of benzene rings is 1. The summed E-state index contributed by atoms with van der Waals surface area (Å²) in [5.41, 5.74) is 2.89. The molecule has 4 rings (SSSR count). The summed E-state index contributed by atoms with van der Waals surface area (Å²) in [5.74, 6) is 0.273. The number of amides is 1. The zero-order valence-corrected chi connectivity index (χ0v) is 15.1. The third-order valence-electron chi connectivity index (χ3n) is 5.32. The Morgan fingerprint density at radius 3 is 2.96 bits per heavy atom. The number of hydrogen-bond acceptors (Lipinski definition) is 6. The molecule has 1 atom stereocenters. The number of ether oxygens (including phenoxy) is 1. The number of nitrogens with zero attached hydrogens (tertiary/aromatic N) is 3. The van der Waals surface area contributed by atoms with E-state index in [1.165, 1.54) is 11.7 Å². The molecule has 3 heterocycles. The molecule has 0 saturated carbocycles. The van der Waals surface area contributed by atoms with Crippen molar-refractivity contribution in [1.29, 1.82) is 0 Å². The van der Waals surface area contributed by atoms with Crippen molar-refractivity contribution < 1.29 is 9.53 Å². The highest BCUT2D eigenvalue weighted by atomic mass is 32.1. The van der Waals surface area contributed by atoms with Gasteiger partial charge < -0.3 is 10.1 Å². The van der Waals surface area contributed by atoms with Crippen molar-refractivity contribution in [3.63, 3.8) is 0 Å². The van der Waals surface area contributed by atoms with Gasteiger partial charge in [0, 0.05) is 32.3 Å². The van der Waals surface area contributed by atoms with Gasteiger partial charge in [-0.25, -0.2) is 0 Å². The predicted molar refractivity (Wildman–Crippen MR) is 97.4 cm³/mol.